The summed E-state index contributed by atoms with van der Waals surface area (Å²) in [6.07, 6.45) is 4.76. The minimum atomic E-state index is -0.613. The number of aromatic nitrogens is 3. The highest BCUT2D eigenvalue weighted by Gasteiger charge is 2.21. The maximum absolute atomic E-state index is 12.1. The maximum Gasteiger partial charge on any atom is 0.335 e. The fourth-order valence-corrected chi connectivity index (χ4v) is 4.11. The Labute approximate surface area is 199 Å². The molecule has 2 unspecified atom stereocenters. The molecule has 0 saturated carbocycles. The largest absolute Gasteiger partial charge is 0.484 e. The van der Waals surface area contributed by atoms with Gasteiger partial charge in [0.05, 0.1) is 17.0 Å². The topological polar surface area (TPSA) is 83.4 Å². The van der Waals surface area contributed by atoms with E-state index in [0.29, 0.717) is 26.1 Å². The Hall–Kier alpha value is -2.84. The van der Waals surface area contributed by atoms with Gasteiger partial charge in [-0.3, -0.25) is 4.98 Å². The molecule has 0 bridgehead atoms. The van der Waals surface area contributed by atoms with E-state index in [1.54, 1.807) is 23.8 Å². The van der Waals surface area contributed by atoms with Crippen LogP contribution in [0.3, 0.4) is 0 Å². The second-order valence-electron chi connectivity index (χ2n) is 7.51. The van der Waals surface area contributed by atoms with Crippen molar-refractivity contribution >= 4 is 17.3 Å². The number of hydrogen-bond donors (Lipinski definition) is 0. The summed E-state index contributed by atoms with van der Waals surface area (Å²) in [6.45, 7) is 8.54. The summed E-state index contributed by atoms with van der Waals surface area (Å²) in [4.78, 5) is 26.5. The Kier molecular flexibility index (Phi) is 9.33. The average molecular weight is 470 g/mol. The van der Waals surface area contributed by atoms with Crippen LogP contribution >= 0.6 is 11.3 Å². The molecule has 0 saturated heterocycles. The first kappa shape index (κ1) is 24.8. The van der Waals surface area contributed by atoms with Gasteiger partial charge in [-0.25, -0.2) is 14.8 Å². The fraction of sp³-hybridized carbons (Fsp3) is 0.440. The predicted molar refractivity (Wildman–Crippen MR) is 128 cm³/mol. The van der Waals surface area contributed by atoms with Crippen LogP contribution in [0.1, 0.15) is 54.4 Å². The van der Waals surface area contributed by atoms with Gasteiger partial charge in [-0.1, -0.05) is 19.1 Å². The number of carbonyl (C=O) groups is 1. The van der Waals surface area contributed by atoms with Crippen LogP contribution < -0.4 is 4.74 Å². The van der Waals surface area contributed by atoms with E-state index in [9.17, 15) is 4.79 Å². The summed E-state index contributed by atoms with van der Waals surface area (Å²) in [5, 5.41) is 0. The third-order valence-corrected chi connectivity index (χ3v) is 6.06. The van der Waals surface area contributed by atoms with Crippen LogP contribution in [0.5, 0.6) is 5.75 Å². The van der Waals surface area contributed by atoms with Gasteiger partial charge in [0.15, 0.2) is 6.10 Å². The van der Waals surface area contributed by atoms with Crippen molar-refractivity contribution < 1.29 is 19.0 Å². The smallest absolute Gasteiger partial charge is 0.335 e. The van der Waals surface area contributed by atoms with E-state index in [-0.39, 0.29) is 12.1 Å². The normalized spacial score (nSPS) is 12.8. The minimum Gasteiger partial charge on any atom is -0.484 e. The molecular formula is C25H31N3O4S. The van der Waals surface area contributed by atoms with Crippen molar-refractivity contribution in [2.45, 2.75) is 59.2 Å². The van der Waals surface area contributed by atoms with Crippen molar-refractivity contribution in [2.24, 2.45) is 0 Å². The zero-order chi connectivity index (χ0) is 23.6. The van der Waals surface area contributed by atoms with Gasteiger partial charge in [-0.05, 0) is 50.5 Å². The van der Waals surface area contributed by atoms with Crippen molar-refractivity contribution in [3.8, 4) is 5.75 Å². The minimum absolute atomic E-state index is 0.245. The molecule has 2 aromatic heterocycles. The predicted octanol–water partition coefficient (Wildman–Crippen LogP) is 4.68. The van der Waals surface area contributed by atoms with E-state index >= 15 is 0 Å². The molecule has 8 heteroatoms. The molecule has 0 aliphatic rings. The number of aryl methyl sites for hydroxylation is 2. The van der Waals surface area contributed by atoms with Crippen molar-refractivity contribution in [1.29, 1.82) is 0 Å². The van der Waals surface area contributed by atoms with E-state index in [4.69, 9.17) is 14.2 Å². The third kappa shape index (κ3) is 7.07. The molecular weight excluding hydrogens is 438 g/mol. The van der Waals surface area contributed by atoms with E-state index in [0.717, 1.165) is 39.7 Å². The van der Waals surface area contributed by atoms with Gasteiger partial charge in [0.1, 0.15) is 17.7 Å². The van der Waals surface area contributed by atoms with Crippen LogP contribution in [0.15, 0.2) is 42.2 Å². The Balaban J connectivity index is 1.71. The van der Waals surface area contributed by atoms with Crippen LogP contribution in [0.4, 0.5) is 0 Å². The molecule has 0 N–H and O–H groups in total. The van der Waals surface area contributed by atoms with Crippen LogP contribution in [0.2, 0.25) is 0 Å². The summed E-state index contributed by atoms with van der Waals surface area (Å²) in [6, 6.07) is 7.70. The van der Waals surface area contributed by atoms with Gasteiger partial charge in [0.2, 0.25) is 0 Å². The van der Waals surface area contributed by atoms with Crippen molar-refractivity contribution in [3.63, 3.8) is 0 Å². The van der Waals surface area contributed by atoms with Gasteiger partial charge in [0.25, 0.3) is 0 Å². The first-order valence-electron chi connectivity index (χ1n) is 11.3. The third-order valence-electron chi connectivity index (χ3n) is 5.19. The summed E-state index contributed by atoms with van der Waals surface area (Å²) in [5.41, 5.74) is 4.92. The van der Waals surface area contributed by atoms with Crippen LogP contribution in [-0.2, 0) is 33.5 Å². The quantitative estimate of drug-likeness (QED) is 0.356. The molecule has 1 aromatic carbocycles. The highest BCUT2D eigenvalue weighted by atomic mass is 32.1. The van der Waals surface area contributed by atoms with Crippen LogP contribution in [0.25, 0.3) is 0 Å². The van der Waals surface area contributed by atoms with Crippen molar-refractivity contribution in [2.75, 3.05) is 13.2 Å². The van der Waals surface area contributed by atoms with Crippen molar-refractivity contribution in [1.82, 2.24) is 15.0 Å². The Morgan fingerprint density at radius 1 is 1.06 bits per heavy atom. The molecule has 3 aromatic rings. The molecule has 33 heavy (non-hydrogen) atoms. The number of ether oxygens (including phenoxy) is 3. The molecule has 3 rings (SSSR count). The van der Waals surface area contributed by atoms with E-state index < -0.39 is 6.10 Å². The number of thiazole rings is 1. The highest BCUT2D eigenvalue weighted by molar-refractivity contribution is 7.09. The Morgan fingerprint density at radius 2 is 1.85 bits per heavy atom. The van der Waals surface area contributed by atoms with Crippen LogP contribution in [-0.4, -0.2) is 40.2 Å². The van der Waals surface area contributed by atoms with Crippen molar-refractivity contribution in [3.05, 3.63) is 69.7 Å². The zero-order valence-electron chi connectivity index (χ0n) is 19.6. The monoisotopic (exact) mass is 469 g/mol. The molecule has 176 valence electrons. The van der Waals surface area contributed by atoms with E-state index in [1.165, 1.54) is 0 Å². The molecule has 0 aliphatic heterocycles. The number of carbonyl (C=O) groups excluding carboxylic acids is 1. The Morgan fingerprint density at radius 3 is 2.45 bits per heavy atom. The summed E-state index contributed by atoms with van der Waals surface area (Å²) < 4.78 is 17.0. The van der Waals surface area contributed by atoms with E-state index in [2.05, 4.69) is 21.9 Å². The number of rotatable bonds is 12. The lowest BCUT2D eigenvalue weighted by molar-refractivity contribution is -0.156. The van der Waals surface area contributed by atoms with Gasteiger partial charge in [0, 0.05) is 37.5 Å². The number of esters is 1. The fourth-order valence-electron chi connectivity index (χ4n) is 3.47. The zero-order valence-corrected chi connectivity index (χ0v) is 20.4. The molecule has 0 fully saturated rings. The second-order valence-corrected chi connectivity index (χ2v) is 8.43. The average Bonchev–Trinajstić information content (AvgIpc) is 3.35. The molecule has 0 radical (unpaired) electrons. The molecule has 2 atom stereocenters. The lowest BCUT2D eigenvalue weighted by atomic mass is 10.1. The summed E-state index contributed by atoms with van der Waals surface area (Å²) in [5.74, 6) is 1.13. The number of hydrogen-bond acceptors (Lipinski definition) is 8. The summed E-state index contributed by atoms with van der Waals surface area (Å²) in [7, 11) is 0. The Bertz CT molecular complexity index is 1010. The van der Waals surface area contributed by atoms with Gasteiger partial charge >= 0.3 is 5.97 Å². The summed E-state index contributed by atoms with van der Waals surface area (Å²) >= 11 is 1.55. The lowest BCUT2D eigenvalue weighted by Gasteiger charge is -2.18. The first-order valence-corrected chi connectivity index (χ1v) is 12.2. The van der Waals surface area contributed by atoms with Gasteiger partial charge in [-0.15, -0.1) is 11.3 Å². The molecule has 0 aliphatic carbocycles. The second kappa shape index (κ2) is 12.4. The molecule has 0 amide bonds. The standard InChI is InChI=1S/C25H31N3O4S/c1-5-19-14-27-24(28-17(19)4)13-21(23-15-26-16-33-23)32-20-10-8-18(9-11-20)12-22(30-6-2)25(29)31-7-3/h8-11,14-16,21-22H,5-7,12-13H2,1-4H3. The first-order chi connectivity index (χ1) is 16.0. The molecule has 7 nitrogen and oxygen atoms in total. The number of nitrogens with zero attached hydrogens (tertiary/aromatic N) is 3. The molecule has 2 heterocycles. The van der Waals surface area contributed by atoms with E-state index in [1.807, 2.05) is 50.5 Å². The lowest BCUT2D eigenvalue weighted by Crippen LogP contribution is -2.28. The molecule has 0 spiro atoms. The van der Waals surface area contributed by atoms with Gasteiger partial charge < -0.3 is 14.2 Å². The van der Waals surface area contributed by atoms with Crippen LogP contribution in [0, 0.1) is 6.92 Å². The maximum atomic E-state index is 12.1. The van der Waals surface area contributed by atoms with Gasteiger partial charge in [-0.2, -0.15) is 0 Å². The highest BCUT2D eigenvalue weighted by Crippen LogP contribution is 2.28. The SMILES string of the molecule is CCOC(=O)C(Cc1ccc(OC(Cc2ncc(CC)c(C)n2)c2cncs2)cc1)OCC. The number of benzene rings is 1.